The molecule has 0 saturated heterocycles. The maximum atomic E-state index is 5.24. The summed E-state index contributed by atoms with van der Waals surface area (Å²) in [7, 11) is -0.978. The zero-order valence-corrected chi connectivity index (χ0v) is 10.4. The summed E-state index contributed by atoms with van der Waals surface area (Å²) < 4.78 is 0. The van der Waals surface area contributed by atoms with Crippen molar-refractivity contribution in [2.24, 2.45) is 0 Å². The topological polar surface area (TPSA) is 0 Å². The van der Waals surface area contributed by atoms with Crippen LogP contribution in [0.1, 0.15) is 0 Å². The molecule has 1 rings (SSSR count). The Morgan fingerprint density at radius 1 is 1.42 bits per heavy atom. The van der Waals surface area contributed by atoms with Gasteiger partial charge in [0.2, 0.25) is 0 Å². The molecular weight excluding hydrogens is 232 g/mol. The fourth-order valence-electron chi connectivity index (χ4n) is 0.196. The number of hydrogen-bond acceptors (Lipinski definition) is 1. The van der Waals surface area contributed by atoms with Crippen LogP contribution in [0.4, 0.5) is 0 Å². The van der Waals surface area contributed by atoms with Crippen LogP contribution in [-0.4, -0.2) is 8.07 Å². The van der Waals surface area contributed by atoms with Crippen molar-refractivity contribution >= 4 is 19.4 Å². The number of thiophene rings is 1. The van der Waals surface area contributed by atoms with Crippen LogP contribution in [0.25, 0.3) is 0 Å². The van der Waals surface area contributed by atoms with Crippen molar-refractivity contribution < 1.29 is 17.1 Å². The quantitative estimate of drug-likeness (QED) is 0.526. The van der Waals surface area contributed by atoms with Crippen LogP contribution in [0.15, 0.2) is 23.2 Å². The summed E-state index contributed by atoms with van der Waals surface area (Å²) >= 11 is 1.59. The van der Waals surface area contributed by atoms with Gasteiger partial charge in [-0.1, -0.05) is 19.6 Å². The predicted octanol–water partition coefficient (Wildman–Crippen LogP) is 3.40. The second-order valence-corrected chi connectivity index (χ2v) is 9.07. The van der Waals surface area contributed by atoms with Gasteiger partial charge in [-0.2, -0.15) is 11.4 Å². The van der Waals surface area contributed by atoms with Gasteiger partial charge < -0.3 is 17.9 Å². The molecule has 0 unspecified atom stereocenters. The number of rotatable bonds is 1. The Morgan fingerprint density at radius 3 is 2.00 bits per heavy atom. The van der Waals surface area contributed by atoms with Crippen LogP contribution in [-0.2, 0) is 17.1 Å². The van der Waals surface area contributed by atoms with Gasteiger partial charge in [-0.25, -0.2) is 6.07 Å². The van der Waals surface area contributed by atoms with E-state index in [1.807, 2.05) is 23.2 Å². The third kappa shape index (κ3) is 12.8. The Labute approximate surface area is 91.2 Å². The van der Waals surface area contributed by atoms with Crippen molar-refractivity contribution in [3.05, 3.63) is 35.2 Å². The van der Waals surface area contributed by atoms with E-state index in [0.29, 0.717) is 0 Å². The zero-order valence-electron chi connectivity index (χ0n) is 7.60. The van der Waals surface area contributed by atoms with Gasteiger partial charge >= 0.3 is 17.1 Å². The van der Waals surface area contributed by atoms with E-state index in [0.717, 1.165) is 0 Å². The predicted molar refractivity (Wildman–Crippen MR) is 55.4 cm³/mol. The molecule has 0 saturated carbocycles. The van der Waals surface area contributed by atoms with E-state index in [4.69, 9.17) is 6.58 Å². The van der Waals surface area contributed by atoms with Crippen molar-refractivity contribution in [1.29, 1.82) is 0 Å². The molecule has 0 spiro atoms. The Bertz CT molecular complexity index is 160. The van der Waals surface area contributed by atoms with Gasteiger partial charge in [0.1, 0.15) is 0 Å². The minimum atomic E-state index is -0.978. The van der Waals surface area contributed by atoms with E-state index in [9.17, 15) is 0 Å². The standard InChI is InChI=1S/C5H11Si.C4H3S.Cu/c1-5-6(2,3)4;1-2-4-5-3-1;/h1,5H,2-4H3;1-3H;/q2*-1;+2. The van der Waals surface area contributed by atoms with Crippen molar-refractivity contribution in [3.8, 4) is 0 Å². The maximum Gasteiger partial charge on any atom is 2.00 e. The SMILES string of the molecule is [CH-]=C[Si](C)(C)C.[Cu+2].[c-]1cccs1. The molecule has 0 aliphatic rings. The summed E-state index contributed by atoms with van der Waals surface area (Å²) in [6.45, 7) is 11.8. The molecule has 1 aromatic heterocycles. The van der Waals surface area contributed by atoms with Gasteiger partial charge in [0, 0.05) is 8.07 Å². The summed E-state index contributed by atoms with van der Waals surface area (Å²) in [6.07, 6.45) is 0. The molecule has 71 valence electrons. The van der Waals surface area contributed by atoms with Gasteiger partial charge in [0.25, 0.3) is 0 Å². The molecule has 0 bridgehead atoms. The van der Waals surface area contributed by atoms with Crippen molar-refractivity contribution in [1.82, 2.24) is 0 Å². The second-order valence-electron chi connectivity index (χ2n) is 3.26. The van der Waals surface area contributed by atoms with Gasteiger partial charge in [-0.15, -0.1) is 5.38 Å². The molecule has 0 amide bonds. The van der Waals surface area contributed by atoms with Crippen LogP contribution in [0.3, 0.4) is 0 Å². The summed E-state index contributed by atoms with van der Waals surface area (Å²) in [5.74, 6) is 0. The van der Waals surface area contributed by atoms with Gasteiger partial charge in [0.15, 0.2) is 0 Å². The number of hydrogen-bond donors (Lipinski definition) is 0. The zero-order chi connectivity index (χ0) is 8.74. The average Bonchev–Trinajstić information content (AvgIpc) is 2.41. The van der Waals surface area contributed by atoms with Gasteiger partial charge in [-0.3, -0.25) is 5.70 Å². The third-order valence-corrected chi connectivity index (χ3v) is 2.44. The Morgan fingerprint density at radius 2 is 1.92 bits per heavy atom. The molecule has 0 aromatic carbocycles. The molecule has 1 aromatic rings. The molecule has 0 nitrogen and oxygen atoms in total. The second kappa shape index (κ2) is 7.81. The molecule has 12 heavy (non-hydrogen) atoms. The maximum absolute atomic E-state index is 5.24. The molecule has 0 atom stereocenters. The average molecular weight is 246 g/mol. The first-order valence-corrected chi connectivity index (χ1v) is 7.97. The molecular formula is C9H14CuSSi. The molecule has 0 N–H and O–H groups in total. The Kier molecular flexibility index (Phi) is 9.55. The first-order chi connectivity index (χ1) is 5.06. The fourth-order valence-corrected chi connectivity index (χ4v) is 0.589. The van der Waals surface area contributed by atoms with E-state index < -0.39 is 8.07 Å². The summed E-state index contributed by atoms with van der Waals surface area (Å²) in [5, 5.41) is 4.89. The molecule has 1 radical (unpaired) electrons. The van der Waals surface area contributed by atoms with Crippen molar-refractivity contribution in [2.45, 2.75) is 19.6 Å². The molecule has 0 fully saturated rings. The largest absolute Gasteiger partial charge is 2.00 e. The molecule has 3 heteroatoms. The molecule has 1 heterocycles. The van der Waals surface area contributed by atoms with Crippen LogP contribution in [0.2, 0.25) is 19.6 Å². The molecule has 0 aliphatic heterocycles. The smallest absolute Gasteiger partial charge is 0.522 e. The van der Waals surface area contributed by atoms with Gasteiger partial charge in [-0.05, 0) is 0 Å². The van der Waals surface area contributed by atoms with Crippen LogP contribution < -0.4 is 0 Å². The van der Waals surface area contributed by atoms with Crippen molar-refractivity contribution in [3.63, 3.8) is 0 Å². The first kappa shape index (κ1) is 14.7. The summed E-state index contributed by atoms with van der Waals surface area (Å²) in [6, 6.07) is 3.86. The van der Waals surface area contributed by atoms with E-state index in [-0.39, 0.29) is 17.1 Å². The van der Waals surface area contributed by atoms with E-state index in [2.05, 4.69) is 25.0 Å². The van der Waals surface area contributed by atoms with Gasteiger partial charge in [0.05, 0.1) is 0 Å². The third-order valence-electron chi connectivity index (χ3n) is 0.879. The fraction of sp³-hybridized carbons (Fsp3) is 0.333. The van der Waals surface area contributed by atoms with Crippen molar-refractivity contribution in [2.75, 3.05) is 0 Å². The normalized spacial score (nSPS) is 8.92. The Balaban J connectivity index is 0. The molecule has 0 aliphatic carbocycles. The van der Waals surface area contributed by atoms with E-state index in [1.54, 1.807) is 11.3 Å². The summed E-state index contributed by atoms with van der Waals surface area (Å²) in [4.78, 5) is 0. The Hall–Kier alpha value is 0.176. The van der Waals surface area contributed by atoms with Crippen LogP contribution in [0.5, 0.6) is 0 Å². The first-order valence-electron chi connectivity index (χ1n) is 3.52. The van der Waals surface area contributed by atoms with Crippen LogP contribution in [0, 0.1) is 12.0 Å². The van der Waals surface area contributed by atoms with E-state index in [1.165, 1.54) is 0 Å². The van der Waals surface area contributed by atoms with Crippen LogP contribution >= 0.6 is 11.3 Å². The monoisotopic (exact) mass is 245 g/mol. The summed E-state index contributed by atoms with van der Waals surface area (Å²) in [5.41, 5.74) is 1.83. The minimum absolute atomic E-state index is 0. The minimum Gasteiger partial charge on any atom is -0.522 e. The van der Waals surface area contributed by atoms with E-state index >= 15 is 0 Å².